The van der Waals surface area contributed by atoms with Crippen LogP contribution in [0.4, 0.5) is 9.59 Å². The van der Waals surface area contributed by atoms with Crippen LogP contribution in [0.2, 0.25) is 0 Å². The third-order valence-electron chi connectivity index (χ3n) is 4.69. The highest BCUT2D eigenvalue weighted by Crippen LogP contribution is 2.22. The van der Waals surface area contributed by atoms with E-state index in [0.717, 1.165) is 0 Å². The van der Waals surface area contributed by atoms with Crippen molar-refractivity contribution in [1.82, 2.24) is 14.7 Å². The van der Waals surface area contributed by atoms with Gasteiger partial charge < -0.3 is 24.5 Å². The van der Waals surface area contributed by atoms with Crippen LogP contribution >= 0.6 is 0 Å². The third kappa shape index (κ3) is 4.99. The van der Waals surface area contributed by atoms with E-state index in [0.29, 0.717) is 31.7 Å². The average molecular weight is 399 g/mol. The first kappa shape index (κ1) is 20.5. The quantitative estimate of drug-likeness (QED) is 0.769. The van der Waals surface area contributed by atoms with Gasteiger partial charge in [-0.25, -0.2) is 14.4 Å². The van der Waals surface area contributed by atoms with Crippen LogP contribution in [0.25, 0.3) is 0 Å². The summed E-state index contributed by atoms with van der Waals surface area (Å²) < 4.78 is 5.43. The van der Waals surface area contributed by atoms with Crippen LogP contribution in [-0.2, 0) is 4.74 Å². The van der Waals surface area contributed by atoms with Gasteiger partial charge >= 0.3 is 18.1 Å². The maximum Gasteiger partial charge on any atom is 0.410 e. The molecular weight excluding hydrogens is 374 g/mol. The summed E-state index contributed by atoms with van der Waals surface area (Å²) in [6.07, 6.45) is -0.360. The Hall–Kier alpha value is -3.21. The lowest BCUT2D eigenvalue weighted by Gasteiger charge is -2.37. The Labute approximate surface area is 170 Å². The molecule has 2 fully saturated rings. The van der Waals surface area contributed by atoms with Gasteiger partial charge in [-0.05, 0) is 39.0 Å². The van der Waals surface area contributed by atoms with Gasteiger partial charge in [0.2, 0.25) is 0 Å². The van der Waals surface area contributed by atoms with Crippen LogP contribution in [0.15, 0.2) is 24.3 Å². The van der Waals surface area contributed by atoms with Crippen molar-refractivity contribution in [2.45, 2.75) is 32.4 Å². The number of rotatable bonds is 2. The third-order valence-corrected chi connectivity index (χ3v) is 4.69. The highest BCUT2D eigenvalue weighted by molar-refractivity contribution is 5.88. The molecule has 1 N–H and O–H groups in total. The van der Waals surface area contributed by atoms with Crippen molar-refractivity contribution in [1.29, 1.82) is 0 Å². The van der Waals surface area contributed by atoms with Gasteiger partial charge in [0.25, 0.3) is 0 Å². The number of benzene rings is 1. The first-order chi connectivity index (χ1) is 13.6. The second-order valence-corrected chi connectivity index (χ2v) is 8.12. The summed E-state index contributed by atoms with van der Waals surface area (Å²) in [5.41, 5.74) is 0.206. The molecule has 2 heterocycles. The molecule has 0 bridgehead atoms. The van der Waals surface area contributed by atoms with E-state index in [1.54, 1.807) is 26.8 Å². The smallest absolute Gasteiger partial charge is 0.410 e. The number of carboxylic acid groups (broad SMARTS) is 1. The zero-order chi connectivity index (χ0) is 21.2. The topological polar surface area (TPSA) is 90.4 Å². The molecule has 1 aromatic rings. The molecule has 2 saturated heterocycles. The van der Waals surface area contributed by atoms with Crippen LogP contribution in [0.1, 0.15) is 36.7 Å². The van der Waals surface area contributed by atoms with Crippen LogP contribution in [0.5, 0.6) is 0 Å². The molecule has 3 rings (SSSR count). The van der Waals surface area contributed by atoms with Crippen molar-refractivity contribution < 1.29 is 24.2 Å². The van der Waals surface area contributed by atoms with Gasteiger partial charge in [0, 0.05) is 31.7 Å². The number of piperazine rings is 1. The summed E-state index contributed by atoms with van der Waals surface area (Å²) in [6.45, 7) is 7.56. The van der Waals surface area contributed by atoms with E-state index in [2.05, 4.69) is 11.8 Å². The minimum Gasteiger partial charge on any atom is -0.478 e. The van der Waals surface area contributed by atoms with Crippen LogP contribution in [0, 0.1) is 11.8 Å². The molecule has 1 aromatic carbocycles. The van der Waals surface area contributed by atoms with E-state index >= 15 is 0 Å². The molecule has 1 atom stereocenters. The van der Waals surface area contributed by atoms with Gasteiger partial charge in [-0.2, -0.15) is 0 Å². The number of carbonyl (C=O) groups excluding carboxylic acids is 2. The summed E-state index contributed by atoms with van der Waals surface area (Å²) in [6, 6.07) is 6.20. The Balaban J connectivity index is 1.59. The number of fused-ring (bicyclic) bond motifs is 1. The van der Waals surface area contributed by atoms with E-state index in [-0.39, 0.29) is 30.3 Å². The second kappa shape index (κ2) is 8.03. The van der Waals surface area contributed by atoms with Crippen LogP contribution in [-0.4, -0.2) is 82.3 Å². The second-order valence-electron chi connectivity index (χ2n) is 8.12. The van der Waals surface area contributed by atoms with Gasteiger partial charge in [-0.3, -0.25) is 0 Å². The van der Waals surface area contributed by atoms with Gasteiger partial charge in [0.05, 0.1) is 18.2 Å². The minimum atomic E-state index is -1.00. The first-order valence-electron chi connectivity index (χ1n) is 9.50. The molecule has 8 nitrogen and oxygen atoms in total. The van der Waals surface area contributed by atoms with E-state index in [4.69, 9.17) is 9.84 Å². The Morgan fingerprint density at radius 2 is 2.00 bits per heavy atom. The number of hydrogen-bond donors (Lipinski definition) is 1. The molecule has 2 aliphatic rings. The molecule has 0 aromatic heterocycles. The van der Waals surface area contributed by atoms with Crippen molar-refractivity contribution in [3.8, 4) is 11.8 Å². The predicted octanol–water partition coefficient (Wildman–Crippen LogP) is 2.09. The number of carboxylic acids is 1. The van der Waals surface area contributed by atoms with Gasteiger partial charge in [-0.1, -0.05) is 17.9 Å². The minimum absolute atomic E-state index is 0.0825. The zero-order valence-electron chi connectivity index (χ0n) is 16.8. The first-order valence-corrected chi connectivity index (χ1v) is 9.50. The maximum atomic E-state index is 12.6. The Kier molecular flexibility index (Phi) is 5.69. The molecule has 3 amide bonds. The molecule has 0 aliphatic carbocycles. The monoisotopic (exact) mass is 399 g/mol. The normalized spacial score (nSPS) is 18.8. The fourth-order valence-corrected chi connectivity index (χ4v) is 3.37. The summed E-state index contributed by atoms with van der Waals surface area (Å²) in [7, 11) is 0. The number of hydrogen-bond acceptors (Lipinski definition) is 4. The molecule has 0 radical (unpaired) electrons. The SMILES string of the molecule is CC(C)(C)OC(=O)N1CCN2C(=O)N(CC#Cc3cccc(C(=O)O)c3)CC2C1. The lowest BCUT2D eigenvalue weighted by molar-refractivity contribution is 0.0127. The van der Waals surface area contributed by atoms with Gasteiger partial charge in [-0.15, -0.1) is 0 Å². The molecule has 154 valence electrons. The van der Waals surface area contributed by atoms with Gasteiger partial charge in [0.1, 0.15) is 5.60 Å². The van der Waals surface area contributed by atoms with E-state index < -0.39 is 11.6 Å². The van der Waals surface area contributed by atoms with Crippen LogP contribution < -0.4 is 0 Å². The predicted molar refractivity (Wildman–Crippen MR) is 106 cm³/mol. The summed E-state index contributed by atoms with van der Waals surface area (Å²) in [5.74, 6) is 4.85. The van der Waals surface area contributed by atoms with Gasteiger partial charge in [0.15, 0.2) is 0 Å². The standard InChI is InChI=1S/C21H25N3O5/c1-21(2,3)29-20(28)23-10-11-24-17(14-23)13-22(19(24)27)9-5-7-15-6-4-8-16(12-15)18(25)26/h4,6,8,12,17H,9-11,13-14H2,1-3H3,(H,25,26). The number of amides is 3. The fraction of sp³-hybridized carbons (Fsp3) is 0.476. The van der Waals surface area contributed by atoms with E-state index in [1.807, 2.05) is 20.8 Å². The Bertz CT molecular complexity index is 880. The number of ether oxygens (including phenoxy) is 1. The molecule has 29 heavy (non-hydrogen) atoms. The molecule has 1 unspecified atom stereocenters. The van der Waals surface area contributed by atoms with Crippen LogP contribution in [0.3, 0.4) is 0 Å². The summed E-state index contributed by atoms with van der Waals surface area (Å²) in [5, 5.41) is 9.04. The maximum absolute atomic E-state index is 12.6. The molecule has 8 heteroatoms. The summed E-state index contributed by atoms with van der Waals surface area (Å²) >= 11 is 0. The van der Waals surface area contributed by atoms with E-state index in [9.17, 15) is 14.4 Å². The van der Waals surface area contributed by atoms with Crippen molar-refractivity contribution in [3.05, 3.63) is 35.4 Å². The molecule has 0 saturated carbocycles. The zero-order valence-corrected chi connectivity index (χ0v) is 16.8. The highest BCUT2D eigenvalue weighted by Gasteiger charge is 2.42. The highest BCUT2D eigenvalue weighted by atomic mass is 16.6. The Morgan fingerprint density at radius 3 is 2.69 bits per heavy atom. The van der Waals surface area contributed by atoms with Crippen molar-refractivity contribution >= 4 is 18.1 Å². The average Bonchev–Trinajstić information content (AvgIpc) is 2.96. The molecular formula is C21H25N3O5. The lowest BCUT2D eigenvalue weighted by Crippen LogP contribution is -2.54. The van der Waals surface area contributed by atoms with Crippen molar-refractivity contribution in [3.63, 3.8) is 0 Å². The number of urea groups is 1. The Morgan fingerprint density at radius 1 is 1.24 bits per heavy atom. The van der Waals surface area contributed by atoms with Crippen molar-refractivity contribution in [2.75, 3.05) is 32.7 Å². The fourth-order valence-electron chi connectivity index (χ4n) is 3.37. The van der Waals surface area contributed by atoms with Crippen molar-refractivity contribution in [2.24, 2.45) is 0 Å². The summed E-state index contributed by atoms with van der Waals surface area (Å²) in [4.78, 5) is 41.0. The number of carbonyl (C=O) groups is 3. The van der Waals surface area contributed by atoms with E-state index in [1.165, 1.54) is 12.1 Å². The lowest BCUT2D eigenvalue weighted by atomic mass is 10.1. The number of aromatic carboxylic acids is 1. The molecule has 0 spiro atoms. The molecule has 2 aliphatic heterocycles. The number of nitrogens with zero attached hydrogens (tertiary/aromatic N) is 3. The largest absolute Gasteiger partial charge is 0.478 e.